The van der Waals surface area contributed by atoms with Crippen molar-refractivity contribution in [1.82, 2.24) is 15.2 Å². The molecule has 1 N–H and O–H groups in total. The van der Waals surface area contributed by atoms with Gasteiger partial charge in [0.25, 0.3) is 0 Å². The van der Waals surface area contributed by atoms with Crippen molar-refractivity contribution in [3.63, 3.8) is 0 Å². The highest BCUT2D eigenvalue weighted by atomic mass is 16.5. The lowest BCUT2D eigenvalue weighted by atomic mass is 10.3. The Bertz CT molecular complexity index is 521. The van der Waals surface area contributed by atoms with Crippen LogP contribution in [-0.4, -0.2) is 42.6 Å². The van der Waals surface area contributed by atoms with Crippen molar-refractivity contribution in [2.75, 3.05) is 20.6 Å². The quantitative estimate of drug-likeness (QED) is 0.344. The maximum Gasteiger partial charge on any atom is 0.213 e. The van der Waals surface area contributed by atoms with Gasteiger partial charge in [-0.1, -0.05) is 12.1 Å². The molecule has 0 unspecified atom stereocenters. The maximum atomic E-state index is 5.90. The summed E-state index contributed by atoms with van der Waals surface area (Å²) in [4.78, 5) is 10.9. The maximum absolute atomic E-state index is 5.90. The van der Waals surface area contributed by atoms with Crippen molar-refractivity contribution in [2.45, 2.75) is 51.2 Å². The summed E-state index contributed by atoms with van der Waals surface area (Å²) in [6.07, 6.45) is 11.1. The normalized spacial score (nSPS) is 15.3. The summed E-state index contributed by atoms with van der Waals surface area (Å²) in [5.74, 6) is 1.63. The number of nitrogens with one attached hydrogen (secondary N) is 1. The minimum absolute atomic E-state index is 0.351. The predicted octanol–water partition coefficient (Wildman–Crippen LogP) is 3.38. The van der Waals surface area contributed by atoms with E-state index in [4.69, 9.17) is 4.74 Å². The molecule has 1 heterocycles. The van der Waals surface area contributed by atoms with Gasteiger partial charge >= 0.3 is 0 Å². The zero-order valence-corrected chi connectivity index (χ0v) is 15.0. The third kappa shape index (κ3) is 5.87. The molecule has 0 bridgehead atoms. The van der Waals surface area contributed by atoms with Crippen LogP contribution in [-0.2, 0) is 6.54 Å². The molecule has 0 spiro atoms. The molecule has 1 fully saturated rings. The molecule has 0 amide bonds. The summed E-state index contributed by atoms with van der Waals surface area (Å²) in [7, 11) is 3.86. The van der Waals surface area contributed by atoms with Gasteiger partial charge in [-0.05, 0) is 44.1 Å². The molecule has 5 heteroatoms. The molecule has 1 aromatic rings. The van der Waals surface area contributed by atoms with Crippen LogP contribution in [0.15, 0.2) is 36.0 Å². The van der Waals surface area contributed by atoms with Gasteiger partial charge in [0, 0.05) is 39.4 Å². The van der Waals surface area contributed by atoms with E-state index in [9.17, 15) is 0 Å². The van der Waals surface area contributed by atoms with Crippen LogP contribution in [0, 0.1) is 0 Å². The van der Waals surface area contributed by atoms with E-state index in [0.717, 1.165) is 49.6 Å². The summed E-state index contributed by atoms with van der Waals surface area (Å²) in [5, 5.41) is 3.37. The van der Waals surface area contributed by atoms with E-state index < -0.39 is 0 Å². The van der Waals surface area contributed by atoms with Crippen LogP contribution in [0.2, 0.25) is 0 Å². The van der Waals surface area contributed by atoms with Crippen molar-refractivity contribution in [2.24, 2.45) is 4.99 Å². The molecule has 132 valence electrons. The average Bonchev–Trinajstić information content (AvgIpc) is 3.10. The van der Waals surface area contributed by atoms with Crippen molar-refractivity contribution < 1.29 is 4.74 Å². The van der Waals surface area contributed by atoms with Crippen molar-refractivity contribution in [1.29, 1.82) is 0 Å². The first-order valence-corrected chi connectivity index (χ1v) is 8.87. The van der Waals surface area contributed by atoms with Gasteiger partial charge in [-0.15, -0.1) is 6.58 Å². The van der Waals surface area contributed by atoms with Gasteiger partial charge in [0.15, 0.2) is 5.96 Å². The van der Waals surface area contributed by atoms with E-state index in [1.807, 2.05) is 25.4 Å². The molecule has 0 saturated heterocycles. The van der Waals surface area contributed by atoms with Gasteiger partial charge in [0.1, 0.15) is 6.10 Å². The van der Waals surface area contributed by atoms with Crippen LogP contribution < -0.4 is 10.1 Å². The van der Waals surface area contributed by atoms with Gasteiger partial charge in [-0.25, -0.2) is 4.98 Å². The molecule has 1 aromatic heterocycles. The van der Waals surface area contributed by atoms with E-state index in [1.165, 1.54) is 12.8 Å². The van der Waals surface area contributed by atoms with Gasteiger partial charge < -0.3 is 15.0 Å². The lowest BCUT2D eigenvalue weighted by Crippen LogP contribution is -2.38. The third-order valence-corrected chi connectivity index (χ3v) is 4.31. The molecule has 1 aliphatic carbocycles. The Labute approximate surface area is 145 Å². The monoisotopic (exact) mass is 330 g/mol. The number of aromatic nitrogens is 1. The van der Waals surface area contributed by atoms with E-state index in [-0.39, 0.29) is 0 Å². The standard InChI is InChI=1S/C19H30N4O/c1-4-5-8-13-23(3)19(20-2)22-15-16-11-12-18(21-14-16)24-17-9-6-7-10-17/h4,11-12,14,17H,1,5-10,13,15H2,2-3H3,(H,20,22). The van der Waals surface area contributed by atoms with Crippen molar-refractivity contribution >= 4 is 5.96 Å². The molecule has 1 saturated carbocycles. The Morgan fingerprint density at radius 2 is 2.25 bits per heavy atom. The molecule has 0 atom stereocenters. The smallest absolute Gasteiger partial charge is 0.213 e. The van der Waals surface area contributed by atoms with Crippen LogP contribution in [0.3, 0.4) is 0 Å². The average molecular weight is 330 g/mol. The second-order valence-corrected chi connectivity index (χ2v) is 6.28. The number of ether oxygens (including phenoxy) is 1. The Hall–Kier alpha value is -2.04. The molecular weight excluding hydrogens is 300 g/mol. The Morgan fingerprint density at radius 1 is 1.46 bits per heavy atom. The largest absolute Gasteiger partial charge is 0.474 e. The molecule has 1 aliphatic rings. The highest BCUT2D eigenvalue weighted by Gasteiger charge is 2.16. The Balaban J connectivity index is 1.78. The van der Waals surface area contributed by atoms with E-state index in [2.05, 4.69) is 39.9 Å². The number of pyridine rings is 1. The topological polar surface area (TPSA) is 49.8 Å². The number of unbranched alkanes of at least 4 members (excludes halogenated alkanes) is 1. The molecule has 0 aromatic carbocycles. The van der Waals surface area contributed by atoms with E-state index in [0.29, 0.717) is 12.6 Å². The third-order valence-electron chi connectivity index (χ3n) is 4.31. The molecule has 0 aliphatic heterocycles. The van der Waals surface area contributed by atoms with Crippen LogP contribution in [0.5, 0.6) is 5.88 Å². The summed E-state index contributed by atoms with van der Waals surface area (Å²) >= 11 is 0. The van der Waals surface area contributed by atoms with Gasteiger partial charge in [-0.2, -0.15) is 0 Å². The first-order valence-electron chi connectivity index (χ1n) is 8.87. The SMILES string of the molecule is C=CCCCN(C)C(=NC)NCc1ccc(OC2CCCC2)nc1. The summed E-state index contributed by atoms with van der Waals surface area (Å²) < 4.78 is 5.90. The van der Waals surface area contributed by atoms with Crippen molar-refractivity contribution in [3.8, 4) is 5.88 Å². The van der Waals surface area contributed by atoms with E-state index in [1.54, 1.807) is 0 Å². The predicted molar refractivity (Wildman–Crippen MR) is 99.4 cm³/mol. The fourth-order valence-corrected chi connectivity index (χ4v) is 2.91. The number of hydrogen-bond donors (Lipinski definition) is 1. The minimum atomic E-state index is 0.351. The number of guanidine groups is 1. The highest BCUT2D eigenvalue weighted by Crippen LogP contribution is 2.22. The van der Waals surface area contributed by atoms with Crippen LogP contribution in [0.4, 0.5) is 0 Å². The second-order valence-electron chi connectivity index (χ2n) is 6.28. The summed E-state index contributed by atoms with van der Waals surface area (Å²) in [6, 6.07) is 4.03. The van der Waals surface area contributed by atoms with Gasteiger partial charge in [0.2, 0.25) is 5.88 Å². The van der Waals surface area contributed by atoms with E-state index >= 15 is 0 Å². The first-order chi connectivity index (χ1) is 11.7. The molecular formula is C19H30N4O. The first kappa shape index (κ1) is 18.3. The van der Waals surface area contributed by atoms with Gasteiger partial charge in [0.05, 0.1) is 0 Å². The molecule has 0 radical (unpaired) electrons. The fourth-order valence-electron chi connectivity index (χ4n) is 2.91. The molecule has 5 nitrogen and oxygen atoms in total. The number of allylic oxidation sites excluding steroid dienone is 1. The number of hydrogen-bond acceptors (Lipinski definition) is 3. The minimum Gasteiger partial charge on any atom is -0.474 e. The molecule has 2 rings (SSSR count). The Morgan fingerprint density at radius 3 is 2.88 bits per heavy atom. The number of rotatable bonds is 8. The Kier molecular flexibility index (Phi) is 7.59. The van der Waals surface area contributed by atoms with Crippen LogP contribution >= 0.6 is 0 Å². The fraction of sp³-hybridized carbons (Fsp3) is 0.579. The van der Waals surface area contributed by atoms with Crippen LogP contribution in [0.25, 0.3) is 0 Å². The lowest BCUT2D eigenvalue weighted by Gasteiger charge is -2.21. The summed E-state index contributed by atoms with van der Waals surface area (Å²) in [5.41, 5.74) is 1.12. The van der Waals surface area contributed by atoms with Crippen LogP contribution in [0.1, 0.15) is 44.1 Å². The lowest BCUT2D eigenvalue weighted by molar-refractivity contribution is 0.201. The number of aliphatic imine (C=N–C) groups is 1. The highest BCUT2D eigenvalue weighted by molar-refractivity contribution is 5.79. The number of nitrogens with zero attached hydrogens (tertiary/aromatic N) is 3. The zero-order valence-electron chi connectivity index (χ0n) is 15.0. The van der Waals surface area contributed by atoms with Gasteiger partial charge in [-0.3, -0.25) is 4.99 Å². The second kappa shape index (κ2) is 9.96. The van der Waals surface area contributed by atoms with Crippen molar-refractivity contribution in [3.05, 3.63) is 36.5 Å². The summed E-state index contributed by atoms with van der Waals surface area (Å²) in [6.45, 7) is 5.42. The molecule has 24 heavy (non-hydrogen) atoms. The zero-order chi connectivity index (χ0) is 17.2.